The van der Waals surface area contributed by atoms with Crippen LogP contribution in [0.15, 0.2) is 60.7 Å². The summed E-state index contributed by atoms with van der Waals surface area (Å²) < 4.78 is 0. The van der Waals surface area contributed by atoms with Crippen LogP contribution in [0.4, 0.5) is 0 Å². The molecule has 5 rings (SSSR count). The molecular formula is C26H26N2O2S. The van der Waals surface area contributed by atoms with Crippen molar-refractivity contribution in [1.29, 1.82) is 0 Å². The topological polar surface area (TPSA) is 49.4 Å². The minimum atomic E-state index is -0.0174. The first-order chi connectivity index (χ1) is 15.2. The van der Waals surface area contributed by atoms with Crippen molar-refractivity contribution in [2.75, 3.05) is 13.1 Å². The molecule has 31 heavy (non-hydrogen) atoms. The van der Waals surface area contributed by atoms with E-state index in [1.165, 1.54) is 21.6 Å². The number of hydrogen-bond acceptors (Lipinski definition) is 3. The lowest BCUT2D eigenvalue weighted by Gasteiger charge is -2.31. The van der Waals surface area contributed by atoms with Gasteiger partial charge in [0.1, 0.15) is 0 Å². The Morgan fingerprint density at radius 2 is 1.65 bits per heavy atom. The molecular weight excluding hydrogens is 404 g/mol. The molecule has 4 nitrogen and oxygen atoms in total. The number of benzene rings is 2. The normalized spacial score (nSPS) is 15.8. The van der Waals surface area contributed by atoms with Gasteiger partial charge in [-0.05, 0) is 54.0 Å². The van der Waals surface area contributed by atoms with Crippen molar-refractivity contribution in [1.82, 2.24) is 10.2 Å². The van der Waals surface area contributed by atoms with E-state index in [9.17, 15) is 9.59 Å². The van der Waals surface area contributed by atoms with Gasteiger partial charge >= 0.3 is 0 Å². The van der Waals surface area contributed by atoms with Crippen LogP contribution in [-0.4, -0.2) is 29.8 Å². The smallest absolute Gasteiger partial charge is 0.263 e. The SMILES string of the molecule is O=C(NCc1ccccc1)C1CCN(C(=O)c2cc3c(s2)-c2ccccc2CC3)CC1. The number of aryl methyl sites for hydroxylation is 2. The highest BCUT2D eigenvalue weighted by Crippen LogP contribution is 2.40. The summed E-state index contributed by atoms with van der Waals surface area (Å²) in [5, 5.41) is 3.05. The molecule has 2 heterocycles. The maximum Gasteiger partial charge on any atom is 0.263 e. The number of fused-ring (bicyclic) bond motifs is 3. The number of rotatable bonds is 4. The second kappa shape index (κ2) is 8.67. The maximum absolute atomic E-state index is 13.2. The zero-order valence-corrected chi connectivity index (χ0v) is 18.3. The van der Waals surface area contributed by atoms with Crippen molar-refractivity contribution in [3.63, 3.8) is 0 Å². The zero-order valence-electron chi connectivity index (χ0n) is 17.5. The lowest BCUT2D eigenvalue weighted by atomic mass is 9.91. The Hall–Kier alpha value is -2.92. The number of carbonyl (C=O) groups excluding carboxylic acids is 2. The van der Waals surface area contributed by atoms with Gasteiger partial charge in [0.2, 0.25) is 5.91 Å². The number of nitrogens with zero attached hydrogens (tertiary/aromatic N) is 1. The number of amides is 2. The minimum Gasteiger partial charge on any atom is -0.352 e. The highest BCUT2D eigenvalue weighted by molar-refractivity contribution is 7.17. The first-order valence-corrected chi connectivity index (χ1v) is 11.8. The van der Waals surface area contributed by atoms with Crippen LogP contribution in [-0.2, 0) is 24.2 Å². The molecule has 0 spiro atoms. The maximum atomic E-state index is 13.2. The predicted octanol–water partition coefficient (Wildman–Crippen LogP) is 4.68. The highest BCUT2D eigenvalue weighted by Gasteiger charge is 2.29. The van der Waals surface area contributed by atoms with Crippen molar-refractivity contribution < 1.29 is 9.59 Å². The van der Waals surface area contributed by atoms with E-state index >= 15 is 0 Å². The van der Waals surface area contributed by atoms with Crippen molar-refractivity contribution in [3.05, 3.63) is 82.2 Å². The number of thiophene rings is 1. The molecule has 1 saturated heterocycles. The molecule has 0 unspecified atom stereocenters. The summed E-state index contributed by atoms with van der Waals surface area (Å²) >= 11 is 1.62. The van der Waals surface area contributed by atoms with Gasteiger partial charge in [-0.15, -0.1) is 11.3 Å². The Balaban J connectivity index is 1.19. The van der Waals surface area contributed by atoms with Gasteiger partial charge in [-0.3, -0.25) is 9.59 Å². The Morgan fingerprint density at radius 3 is 2.45 bits per heavy atom. The molecule has 158 valence electrons. The van der Waals surface area contributed by atoms with E-state index in [1.54, 1.807) is 11.3 Å². The van der Waals surface area contributed by atoms with Crippen LogP contribution in [0.1, 0.15) is 39.2 Å². The largest absolute Gasteiger partial charge is 0.352 e. The number of hydrogen-bond donors (Lipinski definition) is 1. The molecule has 1 aliphatic heterocycles. The summed E-state index contributed by atoms with van der Waals surface area (Å²) in [6.07, 6.45) is 3.48. The summed E-state index contributed by atoms with van der Waals surface area (Å²) in [5.74, 6) is 0.190. The molecule has 2 amide bonds. The van der Waals surface area contributed by atoms with E-state index in [-0.39, 0.29) is 17.7 Å². The predicted molar refractivity (Wildman–Crippen MR) is 124 cm³/mol. The zero-order chi connectivity index (χ0) is 21.2. The summed E-state index contributed by atoms with van der Waals surface area (Å²) in [4.78, 5) is 29.7. The molecule has 0 bridgehead atoms. The third-order valence-electron chi connectivity index (χ3n) is 6.41. The van der Waals surface area contributed by atoms with Crippen LogP contribution >= 0.6 is 11.3 Å². The first kappa shape index (κ1) is 20.0. The van der Waals surface area contributed by atoms with Crippen LogP contribution < -0.4 is 5.32 Å². The van der Waals surface area contributed by atoms with Crippen LogP contribution in [0.3, 0.4) is 0 Å². The third kappa shape index (κ3) is 4.15. The molecule has 2 aromatic carbocycles. The Labute approximate surface area is 186 Å². The van der Waals surface area contributed by atoms with Crippen LogP contribution in [0.25, 0.3) is 10.4 Å². The van der Waals surface area contributed by atoms with Gasteiger partial charge in [-0.2, -0.15) is 0 Å². The molecule has 1 aromatic heterocycles. The van der Waals surface area contributed by atoms with Crippen LogP contribution in [0, 0.1) is 5.92 Å². The van der Waals surface area contributed by atoms with Crippen molar-refractivity contribution in [2.45, 2.75) is 32.2 Å². The van der Waals surface area contributed by atoms with Crippen molar-refractivity contribution >= 4 is 23.2 Å². The molecule has 5 heteroatoms. The Morgan fingerprint density at radius 1 is 0.935 bits per heavy atom. The van der Waals surface area contributed by atoms with Gasteiger partial charge in [0.05, 0.1) is 4.88 Å². The van der Waals surface area contributed by atoms with E-state index in [0.717, 1.165) is 36.1 Å². The van der Waals surface area contributed by atoms with E-state index in [4.69, 9.17) is 0 Å². The summed E-state index contributed by atoms with van der Waals surface area (Å²) in [6.45, 7) is 1.84. The molecule has 0 saturated carbocycles. The van der Waals surface area contributed by atoms with E-state index in [1.807, 2.05) is 35.2 Å². The molecule has 2 aliphatic rings. The van der Waals surface area contributed by atoms with Gasteiger partial charge < -0.3 is 10.2 Å². The minimum absolute atomic E-state index is 0.0174. The fourth-order valence-electron chi connectivity index (χ4n) is 4.61. The monoisotopic (exact) mass is 430 g/mol. The van der Waals surface area contributed by atoms with Crippen LogP contribution in [0.5, 0.6) is 0 Å². The molecule has 3 aromatic rings. The lowest BCUT2D eigenvalue weighted by molar-refractivity contribution is -0.126. The van der Waals surface area contributed by atoms with Gasteiger partial charge in [-0.25, -0.2) is 0 Å². The van der Waals surface area contributed by atoms with E-state index in [2.05, 4.69) is 35.6 Å². The number of nitrogens with one attached hydrogen (secondary N) is 1. The number of carbonyl (C=O) groups is 2. The van der Waals surface area contributed by atoms with Gasteiger partial charge in [0.25, 0.3) is 5.91 Å². The fourth-order valence-corrected chi connectivity index (χ4v) is 5.85. The number of piperidine rings is 1. The van der Waals surface area contributed by atoms with E-state index in [0.29, 0.717) is 19.6 Å². The average Bonchev–Trinajstić information content (AvgIpc) is 3.28. The standard InChI is InChI=1S/C26H26N2O2S/c29-25(27-17-18-6-2-1-3-7-18)20-12-14-28(15-13-20)26(30)23-16-21-11-10-19-8-4-5-9-22(19)24(21)31-23/h1-9,16,20H,10-15,17H2,(H,27,29). The molecule has 0 radical (unpaired) electrons. The van der Waals surface area contributed by atoms with Gasteiger partial charge in [0.15, 0.2) is 0 Å². The second-order valence-corrected chi connectivity index (χ2v) is 9.44. The number of likely N-dealkylation sites (tertiary alicyclic amines) is 1. The van der Waals surface area contributed by atoms with Crippen LogP contribution in [0.2, 0.25) is 0 Å². The average molecular weight is 431 g/mol. The second-order valence-electron chi connectivity index (χ2n) is 8.39. The molecule has 1 N–H and O–H groups in total. The lowest BCUT2D eigenvalue weighted by Crippen LogP contribution is -2.42. The highest BCUT2D eigenvalue weighted by atomic mass is 32.1. The third-order valence-corrected chi connectivity index (χ3v) is 7.61. The Kier molecular flexibility index (Phi) is 5.60. The summed E-state index contributed by atoms with van der Waals surface area (Å²) in [7, 11) is 0. The quantitative estimate of drug-likeness (QED) is 0.653. The molecule has 1 aliphatic carbocycles. The molecule has 1 fully saturated rings. The van der Waals surface area contributed by atoms with Gasteiger partial charge in [0, 0.05) is 30.4 Å². The molecule has 0 atom stereocenters. The van der Waals surface area contributed by atoms with E-state index < -0.39 is 0 Å². The summed E-state index contributed by atoms with van der Waals surface area (Å²) in [6, 6.07) is 20.6. The Bertz CT molecular complexity index is 1100. The van der Waals surface area contributed by atoms with Crippen molar-refractivity contribution in [2.24, 2.45) is 5.92 Å². The fraction of sp³-hybridized carbons (Fsp3) is 0.308. The first-order valence-electron chi connectivity index (χ1n) is 11.0. The van der Waals surface area contributed by atoms with Crippen molar-refractivity contribution in [3.8, 4) is 10.4 Å². The summed E-state index contributed by atoms with van der Waals surface area (Å²) in [5.41, 5.74) is 5.05. The van der Waals surface area contributed by atoms with Gasteiger partial charge in [-0.1, -0.05) is 54.6 Å².